The van der Waals surface area contributed by atoms with E-state index in [1.165, 1.54) is 23.5 Å². The number of hydrogen-bond acceptors (Lipinski definition) is 5. The van der Waals surface area contributed by atoms with Crippen molar-refractivity contribution in [1.82, 2.24) is 14.5 Å². The highest BCUT2D eigenvalue weighted by molar-refractivity contribution is 7.91. The lowest BCUT2D eigenvalue weighted by atomic mass is 10.4. The predicted molar refractivity (Wildman–Crippen MR) is 66.3 cm³/mol. The van der Waals surface area contributed by atoms with Crippen LogP contribution in [0.1, 0.15) is 10.4 Å². The van der Waals surface area contributed by atoms with Crippen LogP contribution >= 0.6 is 11.3 Å². The number of nitrogens with one attached hydrogen (secondary N) is 1. The Morgan fingerprint density at radius 3 is 2.89 bits per heavy atom. The Morgan fingerprint density at radius 1 is 1.56 bits per heavy atom. The molecule has 0 aliphatic heterocycles. The number of nitrogens with zero attached hydrogens (tertiary/aromatic N) is 3. The zero-order valence-electron chi connectivity index (χ0n) is 9.49. The molecule has 0 radical (unpaired) electrons. The third kappa shape index (κ3) is 2.43. The monoisotopic (exact) mass is 282 g/mol. The van der Waals surface area contributed by atoms with Gasteiger partial charge >= 0.3 is 0 Å². The van der Waals surface area contributed by atoms with Gasteiger partial charge in [-0.25, -0.2) is 8.42 Å². The second-order valence-electron chi connectivity index (χ2n) is 3.60. The summed E-state index contributed by atoms with van der Waals surface area (Å²) >= 11 is 0.967. The molecule has 18 heavy (non-hydrogen) atoms. The number of hydrogen-bond donors (Lipinski definition) is 1. The number of thiophene rings is 1. The highest BCUT2D eigenvalue weighted by atomic mass is 32.2. The van der Waals surface area contributed by atoms with Crippen molar-refractivity contribution in [2.75, 3.05) is 7.05 Å². The van der Waals surface area contributed by atoms with Crippen LogP contribution in [0.2, 0.25) is 0 Å². The van der Waals surface area contributed by atoms with Crippen LogP contribution in [-0.2, 0) is 16.6 Å². The molecule has 0 atom stereocenters. The Bertz CT molecular complexity index is 667. The van der Waals surface area contributed by atoms with Gasteiger partial charge in [-0.2, -0.15) is 14.7 Å². The van der Waals surface area contributed by atoms with E-state index in [-0.39, 0.29) is 10.8 Å². The van der Waals surface area contributed by atoms with E-state index in [0.29, 0.717) is 4.88 Å². The largest absolute Gasteiger partial charge is 0.285 e. The Kier molecular flexibility index (Phi) is 3.47. The maximum Gasteiger partial charge on any atom is 0.252 e. The van der Waals surface area contributed by atoms with Crippen LogP contribution in [0.15, 0.2) is 28.7 Å². The first-order valence-electron chi connectivity index (χ1n) is 4.98. The third-order valence-electron chi connectivity index (χ3n) is 2.32. The second-order valence-corrected chi connectivity index (χ2v) is 6.95. The maximum absolute atomic E-state index is 12.2. The number of sulfonamides is 1. The molecular weight excluding hydrogens is 272 g/mol. The van der Waals surface area contributed by atoms with Gasteiger partial charge in [0.2, 0.25) is 0 Å². The first kappa shape index (κ1) is 12.8. The molecule has 2 heterocycles. The molecule has 0 aromatic carbocycles. The van der Waals surface area contributed by atoms with Crippen molar-refractivity contribution >= 4 is 21.4 Å². The summed E-state index contributed by atoms with van der Waals surface area (Å²) in [4.78, 5) is 0.380. The Morgan fingerprint density at radius 2 is 2.33 bits per heavy atom. The predicted octanol–water partition coefficient (Wildman–Crippen LogP) is 1.16. The average molecular weight is 282 g/mol. The number of nitriles is 1. The smallest absolute Gasteiger partial charge is 0.252 e. The molecule has 94 valence electrons. The first-order chi connectivity index (χ1) is 8.54. The molecule has 0 aliphatic rings. The van der Waals surface area contributed by atoms with Crippen LogP contribution in [0.25, 0.3) is 0 Å². The third-order valence-corrected chi connectivity index (χ3v) is 5.58. The fraction of sp³-hybridized carbons (Fsp3) is 0.200. The van der Waals surface area contributed by atoms with Crippen LogP contribution < -0.4 is 0 Å². The van der Waals surface area contributed by atoms with Gasteiger partial charge in [0.05, 0.1) is 6.20 Å². The van der Waals surface area contributed by atoms with E-state index < -0.39 is 10.0 Å². The van der Waals surface area contributed by atoms with Crippen molar-refractivity contribution in [2.24, 2.45) is 0 Å². The molecule has 0 saturated carbocycles. The van der Waals surface area contributed by atoms with Crippen molar-refractivity contribution in [1.29, 1.82) is 5.26 Å². The molecule has 2 aromatic rings. The van der Waals surface area contributed by atoms with Crippen LogP contribution in [0.5, 0.6) is 0 Å². The molecule has 6 nitrogen and oxygen atoms in total. The lowest BCUT2D eigenvalue weighted by Gasteiger charge is -2.14. The standard InChI is InChI=1S/C10H10N4O2S2/c1-14(7-8-5-12-13-6-8)18(15,16)10-3-2-9(4-11)17-10/h2-3,5-6H,7H2,1H3,(H,12,13). The minimum atomic E-state index is -3.55. The van der Waals surface area contributed by atoms with Crippen LogP contribution in [-0.4, -0.2) is 30.0 Å². The lowest BCUT2D eigenvalue weighted by molar-refractivity contribution is 0.468. The molecule has 0 spiro atoms. The topological polar surface area (TPSA) is 89.8 Å². The van der Waals surface area contributed by atoms with Crippen molar-refractivity contribution < 1.29 is 8.42 Å². The Labute approximate surface area is 109 Å². The van der Waals surface area contributed by atoms with Crippen LogP contribution in [0.4, 0.5) is 0 Å². The van der Waals surface area contributed by atoms with Gasteiger partial charge in [-0.15, -0.1) is 11.3 Å². The van der Waals surface area contributed by atoms with Crippen molar-refractivity contribution in [2.45, 2.75) is 10.8 Å². The number of aromatic nitrogens is 2. The lowest BCUT2D eigenvalue weighted by Crippen LogP contribution is -2.25. The van der Waals surface area contributed by atoms with Gasteiger partial charge < -0.3 is 0 Å². The van der Waals surface area contributed by atoms with Gasteiger partial charge in [0.25, 0.3) is 10.0 Å². The van der Waals surface area contributed by atoms with Gasteiger partial charge in [-0.3, -0.25) is 5.10 Å². The Balaban J connectivity index is 2.23. The highest BCUT2D eigenvalue weighted by Gasteiger charge is 2.23. The summed E-state index contributed by atoms with van der Waals surface area (Å²) in [6.07, 6.45) is 3.21. The van der Waals surface area contributed by atoms with E-state index in [1.54, 1.807) is 12.4 Å². The van der Waals surface area contributed by atoms with Crippen LogP contribution in [0.3, 0.4) is 0 Å². The fourth-order valence-electron chi connectivity index (χ4n) is 1.38. The number of H-pyrrole nitrogens is 1. The Hall–Kier alpha value is -1.69. The van der Waals surface area contributed by atoms with E-state index in [2.05, 4.69) is 10.2 Å². The van der Waals surface area contributed by atoms with E-state index in [1.807, 2.05) is 6.07 Å². The average Bonchev–Trinajstić information content (AvgIpc) is 2.99. The van der Waals surface area contributed by atoms with Gasteiger partial charge in [0.1, 0.15) is 15.2 Å². The van der Waals surface area contributed by atoms with Gasteiger partial charge in [0, 0.05) is 25.4 Å². The molecule has 0 bridgehead atoms. The minimum Gasteiger partial charge on any atom is -0.285 e. The summed E-state index contributed by atoms with van der Waals surface area (Å²) in [5.41, 5.74) is 0.776. The van der Waals surface area contributed by atoms with Gasteiger partial charge in [-0.1, -0.05) is 0 Å². The number of aromatic amines is 1. The SMILES string of the molecule is CN(Cc1cn[nH]c1)S(=O)(=O)c1ccc(C#N)s1. The molecule has 0 saturated heterocycles. The normalized spacial score (nSPS) is 11.6. The van der Waals surface area contributed by atoms with E-state index in [4.69, 9.17) is 5.26 Å². The van der Waals surface area contributed by atoms with E-state index >= 15 is 0 Å². The van der Waals surface area contributed by atoms with E-state index in [0.717, 1.165) is 16.9 Å². The molecule has 2 aromatic heterocycles. The van der Waals surface area contributed by atoms with Crippen molar-refractivity contribution in [3.05, 3.63) is 35.0 Å². The summed E-state index contributed by atoms with van der Waals surface area (Å²) in [5.74, 6) is 0. The molecule has 0 amide bonds. The number of rotatable bonds is 4. The molecule has 0 fully saturated rings. The fourth-order valence-corrected chi connectivity index (χ4v) is 3.85. The molecule has 2 rings (SSSR count). The van der Waals surface area contributed by atoms with Crippen LogP contribution in [0, 0.1) is 11.3 Å². The van der Waals surface area contributed by atoms with Crippen molar-refractivity contribution in [3.8, 4) is 6.07 Å². The van der Waals surface area contributed by atoms with Gasteiger partial charge in [0.15, 0.2) is 0 Å². The maximum atomic E-state index is 12.2. The summed E-state index contributed by atoms with van der Waals surface area (Å²) < 4.78 is 25.8. The molecule has 8 heteroatoms. The minimum absolute atomic E-state index is 0.171. The second kappa shape index (κ2) is 4.89. The summed E-state index contributed by atoms with van der Waals surface area (Å²) in [6, 6.07) is 4.88. The summed E-state index contributed by atoms with van der Waals surface area (Å²) in [7, 11) is -2.05. The zero-order valence-corrected chi connectivity index (χ0v) is 11.1. The van der Waals surface area contributed by atoms with Gasteiger partial charge in [-0.05, 0) is 12.1 Å². The highest BCUT2D eigenvalue weighted by Crippen LogP contribution is 2.24. The van der Waals surface area contributed by atoms with Crippen molar-refractivity contribution in [3.63, 3.8) is 0 Å². The molecule has 1 N–H and O–H groups in total. The molecule has 0 unspecified atom stereocenters. The van der Waals surface area contributed by atoms with E-state index in [9.17, 15) is 8.42 Å². The molecular formula is C10H10N4O2S2. The zero-order chi connectivity index (χ0) is 13.2. The summed E-state index contributed by atoms with van der Waals surface area (Å²) in [5, 5.41) is 15.1. The quantitative estimate of drug-likeness (QED) is 0.911. The first-order valence-corrected chi connectivity index (χ1v) is 7.23. The molecule has 0 aliphatic carbocycles. The summed E-state index contributed by atoms with van der Waals surface area (Å²) in [6.45, 7) is 0.235.